The molecule has 0 aliphatic carbocycles. The van der Waals surface area contributed by atoms with Crippen LogP contribution in [-0.4, -0.2) is 15.0 Å². The van der Waals surface area contributed by atoms with Gasteiger partial charge in [0, 0.05) is 23.5 Å². The summed E-state index contributed by atoms with van der Waals surface area (Å²) in [6.45, 7) is 0. The van der Waals surface area contributed by atoms with Crippen molar-refractivity contribution < 1.29 is 4.74 Å². The summed E-state index contributed by atoms with van der Waals surface area (Å²) in [5.74, 6) is 2.87. The Balaban J connectivity index is 1.46. The van der Waals surface area contributed by atoms with Crippen LogP contribution in [0.15, 0.2) is 91.1 Å². The van der Waals surface area contributed by atoms with E-state index in [1.807, 2.05) is 84.9 Å². The largest absolute Gasteiger partial charge is 0.457 e. The number of anilines is 2. The van der Waals surface area contributed by atoms with Crippen molar-refractivity contribution in [3.8, 4) is 22.9 Å². The molecule has 0 unspecified atom stereocenters. The van der Waals surface area contributed by atoms with Gasteiger partial charge in [0.15, 0.2) is 5.82 Å². The van der Waals surface area contributed by atoms with Crippen molar-refractivity contribution in [2.75, 3.05) is 5.32 Å². The lowest BCUT2D eigenvalue weighted by molar-refractivity contribution is 0.483. The van der Waals surface area contributed by atoms with Crippen LogP contribution in [0.3, 0.4) is 0 Å². The van der Waals surface area contributed by atoms with E-state index in [4.69, 9.17) is 21.3 Å². The molecule has 2 N–H and O–H groups in total. The first-order valence-corrected chi connectivity index (χ1v) is 9.84. The number of benzene rings is 3. The summed E-state index contributed by atoms with van der Waals surface area (Å²) < 4.78 is 5.92. The van der Waals surface area contributed by atoms with Gasteiger partial charge in [-0.05, 0) is 42.5 Å². The van der Waals surface area contributed by atoms with Crippen LogP contribution in [0, 0.1) is 0 Å². The van der Waals surface area contributed by atoms with Crippen molar-refractivity contribution in [2.45, 2.75) is 0 Å². The third kappa shape index (κ3) is 3.71. The number of pyridine rings is 1. The Labute approximate surface area is 178 Å². The molecular formula is C24H17ClN4O. The van der Waals surface area contributed by atoms with Crippen LogP contribution in [0.5, 0.6) is 11.5 Å². The van der Waals surface area contributed by atoms with E-state index in [0.717, 1.165) is 33.8 Å². The zero-order valence-corrected chi connectivity index (χ0v) is 16.6. The molecule has 6 heteroatoms. The van der Waals surface area contributed by atoms with Crippen molar-refractivity contribution >= 4 is 34.1 Å². The highest BCUT2D eigenvalue weighted by molar-refractivity contribution is 6.33. The molecule has 0 saturated heterocycles. The number of H-pyrrole nitrogens is 1. The van der Waals surface area contributed by atoms with Gasteiger partial charge in [0.25, 0.3) is 0 Å². The minimum absolute atomic E-state index is 0.643. The summed E-state index contributed by atoms with van der Waals surface area (Å²) in [5, 5.41) is 3.99. The maximum Gasteiger partial charge on any atom is 0.158 e. The van der Waals surface area contributed by atoms with E-state index in [0.29, 0.717) is 16.7 Å². The fraction of sp³-hybridized carbons (Fsp3) is 0. The van der Waals surface area contributed by atoms with Crippen LogP contribution in [0.4, 0.5) is 11.5 Å². The first-order chi connectivity index (χ1) is 14.8. The fourth-order valence-corrected chi connectivity index (χ4v) is 3.43. The van der Waals surface area contributed by atoms with E-state index in [-0.39, 0.29) is 0 Å². The lowest BCUT2D eigenvalue weighted by atomic mass is 10.2. The molecule has 5 aromatic rings. The molecule has 0 fully saturated rings. The van der Waals surface area contributed by atoms with Gasteiger partial charge < -0.3 is 15.0 Å². The Morgan fingerprint density at radius 2 is 1.63 bits per heavy atom. The van der Waals surface area contributed by atoms with E-state index in [1.165, 1.54) is 0 Å². The Kier molecular flexibility index (Phi) is 4.79. The number of nitrogens with zero attached hydrogens (tertiary/aromatic N) is 2. The molecule has 5 rings (SSSR count). The highest BCUT2D eigenvalue weighted by atomic mass is 35.5. The van der Waals surface area contributed by atoms with Crippen molar-refractivity contribution in [2.24, 2.45) is 0 Å². The number of nitrogens with one attached hydrogen (secondary N) is 2. The number of ether oxygens (including phenoxy) is 1. The van der Waals surface area contributed by atoms with E-state index in [1.54, 1.807) is 6.20 Å². The second-order valence-electron chi connectivity index (χ2n) is 6.69. The summed E-state index contributed by atoms with van der Waals surface area (Å²) in [5.41, 5.74) is 3.31. The second kappa shape index (κ2) is 7.89. The molecule has 146 valence electrons. The third-order valence-corrected chi connectivity index (χ3v) is 4.94. The van der Waals surface area contributed by atoms with E-state index < -0.39 is 0 Å². The summed E-state index contributed by atoms with van der Waals surface area (Å²) in [6, 6.07) is 26.9. The van der Waals surface area contributed by atoms with Crippen LogP contribution in [-0.2, 0) is 0 Å². The number of aromatic amines is 1. The van der Waals surface area contributed by atoms with Gasteiger partial charge in [-0.1, -0.05) is 48.0 Å². The Bertz CT molecular complexity index is 1320. The highest BCUT2D eigenvalue weighted by Crippen LogP contribution is 2.31. The number of rotatable bonds is 5. The van der Waals surface area contributed by atoms with Gasteiger partial charge in [-0.15, -0.1) is 0 Å². The zero-order valence-electron chi connectivity index (χ0n) is 15.8. The van der Waals surface area contributed by atoms with E-state index in [9.17, 15) is 0 Å². The molecule has 0 amide bonds. The number of halogens is 1. The lowest BCUT2D eigenvalue weighted by Gasteiger charge is -2.09. The first-order valence-electron chi connectivity index (χ1n) is 9.46. The van der Waals surface area contributed by atoms with E-state index in [2.05, 4.69) is 15.3 Å². The van der Waals surface area contributed by atoms with Crippen molar-refractivity contribution in [1.29, 1.82) is 0 Å². The van der Waals surface area contributed by atoms with Gasteiger partial charge in [-0.25, -0.2) is 9.97 Å². The molecular weight excluding hydrogens is 396 g/mol. The van der Waals surface area contributed by atoms with Gasteiger partial charge >= 0.3 is 0 Å². The summed E-state index contributed by atoms with van der Waals surface area (Å²) in [4.78, 5) is 12.5. The minimum atomic E-state index is 0.643. The van der Waals surface area contributed by atoms with Crippen molar-refractivity contribution in [3.63, 3.8) is 0 Å². The molecule has 5 nitrogen and oxygen atoms in total. The van der Waals surface area contributed by atoms with Gasteiger partial charge in [-0.2, -0.15) is 0 Å². The molecule has 0 saturated carbocycles. The number of imidazole rings is 1. The Morgan fingerprint density at radius 3 is 2.50 bits per heavy atom. The van der Waals surface area contributed by atoms with Gasteiger partial charge in [0.1, 0.15) is 22.8 Å². The minimum Gasteiger partial charge on any atom is -0.457 e. The van der Waals surface area contributed by atoms with Gasteiger partial charge in [0.05, 0.1) is 10.5 Å². The van der Waals surface area contributed by atoms with Crippen LogP contribution in [0.2, 0.25) is 5.02 Å². The third-order valence-electron chi connectivity index (χ3n) is 4.61. The number of aromatic nitrogens is 3. The average molecular weight is 413 g/mol. The van der Waals surface area contributed by atoms with Crippen LogP contribution in [0.1, 0.15) is 0 Å². The molecule has 0 spiro atoms. The predicted molar refractivity (Wildman–Crippen MR) is 121 cm³/mol. The zero-order chi connectivity index (χ0) is 20.3. The Morgan fingerprint density at radius 1 is 0.833 bits per heavy atom. The topological polar surface area (TPSA) is 62.8 Å². The molecule has 2 heterocycles. The molecule has 0 radical (unpaired) electrons. The molecule has 3 aromatic carbocycles. The first kappa shape index (κ1) is 18.2. The van der Waals surface area contributed by atoms with Crippen LogP contribution < -0.4 is 10.1 Å². The highest BCUT2D eigenvalue weighted by Gasteiger charge is 2.12. The lowest BCUT2D eigenvalue weighted by Crippen LogP contribution is -1.95. The van der Waals surface area contributed by atoms with E-state index >= 15 is 0 Å². The maximum atomic E-state index is 6.33. The summed E-state index contributed by atoms with van der Waals surface area (Å²) >= 11 is 6.33. The van der Waals surface area contributed by atoms with Gasteiger partial charge in [0.2, 0.25) is 0 Å². The SMILES string of the molecule is Clc1ccccc1-c1nc2c(Nc3cccc(Oc4ccccc4)c3)nccc2[nH]1. The number of fused-ring (bicyclic) bond motifs is 1. The second-order valence-corrected chi connectivity index (χ2v) is 7.10. The van der Waals surface area contributed by atoms with Crippen molar-refractivity contribution in [3.05, 3.63) is 96.1 Å². The van der Waals surface area contributed by atoms with Crippen LogP contribution >= 0.6 is 11.6 Å². The molecule has 30 heavy (non-hydrogen) atoms. The molecule has 0 aliphatic heterocycles. The number of para-hydroxylation sites is 1. The standard InChI is InChI=1S/C24H17ClN4O/c25-20-12-5-4-11-19(20)23-28-21-13-14-26-24(22(21)29-23)27-16-7-6-10-18(15-16)30-17-8-2-1-3-9-17/h1-15H,(H,26,27)(H,28,29). The monoisotopic (exact) mass is 412 g/mol. The normalized spacial score (nSPS) is 10.8. The molecule has 0 aliphatic rings. The summed E-state index contributed by atoms with van der Waals surface area (Å²) in [7, 11) is 0. The van der Waals surface area contributed by atoms with Gasteiger partial charge in [-0.3, -0.25) is 0 Å². The number of hydrogen-bond donors (Lipinski definition) is 2. The summed E-state index contributed by atoms with van der Waals surface area (Å²) in [6.07, 6.45) is 1.74. The predicted octanol–water partition coefficient (Wildman–Crippen LogP) is 6.81. The Hall–Kier alpha value is -3.83. The fourth-order valence-electron chi connectivity index (χ4n) is 3.21. The molecule has 0 bridgehead atoms. The molecule has 0 atom stereocenters. The number of hydrogen-bond acceptors (Lipinski definition) is 4. The maximum absolute atomic E-state index is 6.33. The van der Waals surface area contributed by atoms with Crippen LogP contribution in [0.25, 0.3) is 22.4 Å². The smallest absolute Gasteiger partial charge is 0.158 e. The average Bonchev–Trinajstić information content (AvgIpc) is 3.20. The molecule has 2 aromatic heterocycles. The quantitative estimate of drug-likeness (QED) is 0.332. The van der Waals surface area contributed by atoms with Crippen molar-refractivity contribution in [1.82, 2.24) is 15.0 Å².